The van der Waals surface area contributed by atoms with Crippen molar-refractivity contribution >= 4 is 43.6 Å². The zero-order chi connectivity index (χ0) is 35.3. The Balaban J connectivity index is 1.45. The smallest absolute Gasteiger partial charge is 0.197 e. The molecule has 0 aliphatic rings. The first kappa shape index (κ1) is 31.5. The molecule has 0 aliphatic heterocycles. The molecule has 0 N–H and O–H groups in total. The fourth-order valence-corrected chi connectivity index (χ4v) is 8.04. The van der Waals surface area contributed by atoms with E-state index >= 15 is 0 Å². The number of hydrogen-bond acceptors (Lipinski definition) is 2. The fraction of sp³-hybridized carbons (Fsp3) is 0.0833. The topological polar surface area (TPSA) is 44.0 Å². The van der Waals surface area contributed by atoms with Gasteiger partial charge in [-0.2, -0.15) is 0 Å². The van der Waals surface area contributed by atoms with Gasteiger partial charge in [0.15, 0.2) is 10.9 Å². The van der Waals surface area contributed by atoms with E-state index in [4.69, 9.17) is 0 Å². The summed E-state index contributed by atoms with van der Waals surface area (Å²) < 4.78 is 4.42. The Bertz CT molecular complexity index is 2720. The summed E-state index contributed by atoms with van der Waals surface area (Å²) in [4.78, 5) is 29.9. The molecule has 2 aromatic heterocycles. The van der Waals surface area contributed by atoms with Gasteiger partial charge in [0, 0.05) is 23.9 Å². The Kier molecular flexibility index (Phi) is 7.66. The molecule has 250 valence electrons. The average molecular weight is 673 g/mol. The number of aryl methyl sites for hydroxylation is 2. The summed E-state index contributed by atoms with van der Waals surface area (Å²) in [5, 5.41) is 2.58. The molecule has 52 heavy (non-hydrogen) atoms. The maximum Gasteiger partial charge on any atom is 0.197 e. The lowest BCUT2D eigenvalue weighted by molar-refractivity contribution is 0.817. The molecule has 0 saturated heterocycles. The van der Waals surface area contributed by atoms with E-state index in [1.54, 1.807) is 0 Å². The molecule has 0 unspecified atom stereocenters. The summed E-state index contributed by atoms with van der Waals surface area (Å²) in [6.45, 7) is 5.45. The highest BCUT2D eigenvalue weighted by molar-refractivity contribution is 6.10. The zero-order valence-corrected chi connectivity index (χ0v) is 29.1. The highest BCUT2D eigenvalue weighted by Crippen LogP contribution is 2.37. The maximum absolute atomic E-state index is 15.0. The van der Waals surface area contributed by atoms with Crippen LogP contribution in [0.15, 0.2) is 167 Å². The lowest BCUT2D eigenvalue weighted by Gasteiger charge is -2.21. The molecule has 9 rings (SSSR count). The number of benzene rings is 7. The molecule has 9 aromatic rings. The third-order valence-corrected chi connectivity index (χ3v) is 10.5. The number of rotatable bonds is 6. The quantitative estimate of drug-likeness (QED) is 0.165. The largest absolute Gasteiger partial charge is 0.341 e. The molecule has 0 fully saturated rings. The van der Waals surface area contributed by atoms with Crippen LogP contribution in [0.25, 0.3) is 88.1 Å². The van der Waals surface area contributed by atoms with E-state index in [1.165, 1.54) is 0 Å². The lowest BCUT2D eigenvalue weighted by Crippen LogP contribution is -2.16. The number of fused-ring (bicyclic) bond motifs is 4. The Morgan fingerprint density at radius 3 is 1.02 bits per heavy atom. The molecule has 0 atom stereocenters. The molecular weight excluding hydrogens is 637 g/mol. The number of nitrogens with zero attached hydrogens (tertiary/aromatic N) is 2. The van der Waals surface area contributed by atoms with E-state index in [2.05, 4.69) is 95.8 Å². The second kappa shape index (κ2) is 12.7. The highest BCUT2D eigenvalue weighted by atomic mass is 16.1. The van der Waals surface area contributed by atoms with Gasteiger partial charge in [0.05, 0.1) is 32.8 Å². The normalized spacial score (nSPS) is 11.6. The summed E-state index contributed by atoms with van der Waals surface area (Å²) >= 11 is 0. The maximum atomic E-state index is 15.0. The fourth-order valence-electron chi connectivity index (χ4n) is 8.04. The minimum Gasteiger partial charge on any atom is -0.341 e. The highest BCUT2D eigenvalue weighted by Gasteiger charge is 2.21. The van der Waals surface area contributed by atoms with Crippen LogP contribution < -0.4 is 10.9 Å². The van der Waals surface area contributed by atoms with Gasteiger partial charge in [-0.3, -0.25) is 9.59 Å². The van der Waals surface area contributed by atoms with Gasteiger partial charge >= 0.3 is 0 Å². The molecule has 0 bridgehead atoms. The molecule has 2 heterocycles. The first-order chi connectivity index (χ1) is 25.6. The molecular formula is C48H36N2O2. The minimum atomic E-state index is -0.0340. The third-order valence-electron chi connectivity index (χ3n) is 10.5. The molecule has 7 aromatic carbocycles. The van der Waals surface area contributed by atoms with Crippen LogP contribution in [0.1, 0.15) is 13.8 Å². The summed E-state index contributed by atoms with van der Waals surface area (Å²) in [7, 11) is 0. The predicted molar refractivity (Wildman–Crippen MR) is 218 cm³/mol. The summed E-state index contributed by atoms with van der Waals surface area (Å²) in [6.07, 6.45) is 0. The summed E-state index contributed by atoms with van der Waals surface area (Å²) in [5.74, 6) is 0. The standard InChI is InChI=1S/C48H36N2O2/c1-3-49-41-29-40-42(30-39(41)47(51)45-37(33-21-13-7-14-22-33)25-35(27-43(45)49)31-17-9-5-10-18-31)50(4-2)44-28-36(32-19-11-6-12-20-32)26-38(46(44)48(40)52)34-23-15-8-16-24-34/h5-30H,3-4H2,1-2H3. The van der Waals surface area contributed by atoms with Gasteiger partial charge in [0.25, 0.3) is 0 Å². The molecule has 4 heteroatoms. The predicted octanol–water partition coefficient (Wildman–Crippen LogP) is 11.3. The average Bonchev–Trinajstić information content (AvgIpc) is 3.21. The van der Waals surface area contributed by atoms with Crippen molar-refractivity contribution in [2.75, 3.05) is 0 Å². The minimum absolute atomic E-state index is 0.0340. The van der Waals surface area contributed by atoms with E-state index in [0.717, 1.165) is 66.6 Å². The van der Waals surface area contributed by atoms with Crippen LogP contribution >= 0.6 is 0 Å². The van der Waals surface area contributed by atoms with Crippen LogP contribution in [0.4, 0.5) is 0 Å². The van der Waals surface area contributed by atoms with Gasteiger partial charge in [-0.25, -0.2) is 0 Å². The van der Waals surface area contributed by atoms with Crippen LogP contribution in [-0.2, 0) is 13.1 Å². The van der Waals surface area contributed by atoms with Crippen LogP contribution in [0.2, 0.25) is 0 Å². The van der Waals surface area contributed by atoms with E-state index in [-0.39, 0.29) is 10.9 Å². The van der Waals surface area contributed by atoms with Crippen molar-refractivity contribution in [3.05, 3.63) is 178 Å². The van der Waals surface area contributed by atoms with Crippen molar-refractivity contribution in [2.24, 2.45) is 0 Å². The van der Waals surface area contributed by atoms with Crippen molar-refractivity contribution < 1.29 is 0 Å². The molecule has 0 aliphatic carbocycles. The van der Waals surface area contributed by atoms with E-state index in [0.29, 0.717) is 34.6 Å². The first-order valence-electron chi connectivity index (χ1n) is 18.0. The second-order valence-corrected chi connectivity index (χ2v) is 13.3. The Morgan fingerprint density at radius 1 is 0.365 bits per heavy atom. The summed E-state index contributed by atoms with van der Waals surface area (Å²) in [5.41, 5.74) is 11.2. The van der Waals surface area contributed by atoms with Gasteiger partial charge in [-0.05, 0) is 94.8 Å². The van der Waals surface area contributed by atoms with Crippen molar-refractivity contribution in [3.63, 3.8) is 0 Å². The first-order valence-corrected chi connectivity index (χ1v) is 18.0. The number of aromatic nitrogens is 2. The van der Waals surface area contributed by atoms with E-state index in [9.17, 15) is 9.59 Å². The zero-order valence-electron chi connectivity index (χ0n) is 29.1. The van der Waals surface area contributed by atoms with Crippen molar-refractivity contribution in [1.82, 2.24) is 9.13 Å². The second-order valence-electron chi connectivity index (χ2n) is 13.3. The molecule has 0 amide bonds. The van der Waals surface area contributed by atoms with Crippen molar-refractivity contribution in [3.8, 4) is 44.5 Å². The van der Waals surface area contributed by atoms with Gasteiger partial charge < -0.3 is 9.13 Å². The van der Waals surface area contributed by atoms with Gasteiger partial charge in [-0.15, -0.1) is 0 Å². The molecule has 0 saturated carbocycles. The van der Waals surface area contributed by atoms with E-state index in [1.807, 2.05) is 84.9 Å². The molecule has 4 nitrogen and oxygen atoms in total. The van der Waals surface area contributed by atoms with E-state index < -0.39 is 0 Å². The Labute approximate surface area is 301 Å². The van der Waals surface area contributed by atoms with Crippen LogP contribution in [0.3, 0.4) is 0 Å². The van der Waals surface area contributed by atoms with Crippen molar-refractivity contribution in [2.45, 2.75) is 26.9 Å². The van der Waals surface area contributed by atoms with Crippen LogP contribution in [0.5, 0.6) is 0 Å². The lowest BCUT2D eigenvalue weighted by atomic mass is 9.92. The Hall–Kier alpha value is -6.52. The number of pyridine rings is 2. The Morgan fingerprint density at radius 2 is 0.692 bits per heavy atom. The number of hydrogen-bond donors (Lipinski definition) is 0. The van der Waals surface area contributed by atoms with Gasteiger partial charge in [0.2, 0.25) is 0 Å². The summed E-state index contributed by atoms with van der Waals surface area (Å²) in [6, 6.07) is 53.4. The molecule has 0 spiro atoms. The third kappa shape index (κ3) is 4.98. The monoisotopic (exact) mass is 672 g/mol. The SMILES string of the molecule is CCn1c2cc3c(=O)c4c(-c5ccccc5)cc(-c5ccccc5)cc4n(CC)c3cc2c(=O)c2c(-c3ccccc3)cc(-c3ccccc3)cc21. The van der Waals surface area contributed by atoms with Gasteiger partial charge in [-0.1, -0.05) is 121 Å². The van der Waals surface area contributed by atoms with Crippen molar-refractivity contribution in [1.29, 1.82) is 0 Å². The van der Waals surface area contributed by atoms with Crippen LogP contribution in [0, 0.1) is 0 Å². The van der Waals surface area contributed by atoms with Crippen LogP contribution in [-0.4, -0.2) is 9.13 Å². The molecule has 0 radical (unpaired) electrons. The van der Waals surface area contributed by atoms with Gasteiger partial charge in [0.1, 0.15) is 0 Å².